The molecule has 0 radical (unpaired) electrons. The Kier molecular flexibility index (Phi) is 7.44. The third-order valence-corrected chi connectivity index (χ3v) is 3.94. The van der Waals surface area contributed by atoms with Gasteiger partial charge in [0.25, 0.3) is 5.91 Å². The number of aliphatic hydroxyl groups excluding tert-OH is 1. The molecule has 3 N–H and O–H groups in total. The van der Waals surface area contributed by atoms with Gasteiger partial charge in [-0.3, -0.25) is 4.79 Å². The lowest BCUT2D eigenvalue weighted by Gasteiger charge is -2.14. The van der Waals surface area contributed by atoms with Gasteiger partial charge in [0.2, 0.25) is 0 Å². The quantitative estimate of drug-likeness (QED) is 0.655. The molecule has 2 rings (SSSR count). The smallest absolute Gasteiger partial charge is 0.262 e. The lowest BCUT2D eigenvalue weighted by molar-refractivity contribution is -0.118. The van der Waals surface area contributed by atoms with E-state index in [-0.39, 0.29) is 25.2 Å². The van der Waals surface area contributed by atoms with Gasteiger partial charge in [0.1, 0.15) is 5.75 Å². The number of carbonyl (C=O) groups excluding carboxylic acids is 1. The Hall–Kier alpha value is -2.37. The standard InChI is InChI=1S/C20H26N2O3/c1-3-17(13-23)21-12-16-6-10-19(11-7-16)25-14-20(24)22-18-8-4-15(2)5-9-18/h4-11,17,21,23H,3,12-14H2,1-2H3,(H,22,24). The number of ether oxygens (including phenoxy) is 1. The van der Waals surface area contributed by atoms with Crippen LogP contribution < -0.4 is 15.4 Å². The number of nitrogens with one attached hydrogen (secondary N) is 2. The first-order chi connectivity index (χ1) is 12.1. The van der Waals surface area contributed by atoms with E-state index in [9.17, 15) is 4.79 Å². The summed E-state index contributed by atoms with van der Waals surface area (Å²) in [5.74, 6) is 0.459. The molecule has 2 aromatic carbocycles. The third-order valence-electron chi connectivity index (χ3n) is 3.94. The molecule has 0 fully saturated rings. The van der Waals surface area contributed by atoms with Gasteiger partial charge in [0, 0.05) is 18.3 Å². The zero-order chi connectivity index (χ0) is 18.1. The number of anilines is 1. The van der Waals surface area contributed by atoms with Crippen LogP contribution >= 0.6 is 0 Å². The lowest BCUT2D eigenvalue weighted by Crippen LogP contribution is -2.31. The number of hydrogen-bond donors (Lipinski definition) is 3. The van der Waals surface area contributed by atoms with Crippen LogP contribution in [0.2, 0.25) is 0 Å². The average molecular weight is 342 g/mol. The second kappa shape index (κ2) is 9.81. The largest absolute Gasteiger partial charge is 0.484 e. The predicted molar refractivity (Wildman–Crippen MR) is 99.8 cm³/mol. The van der Waals surface area contributed by atoms with Gasteiger partial charge in [-0.1, -0.05) is 36.8 Å². The minimum Gasteiger partial charge on any atom is -0.484 e. The molecule has 0 heterocycles. The van der Waals surface area contributed by atoms with Gasteiger partial charge in [-0.15, -0.1) is 0 Å². The van der Waals surface area contributed by atoms with E-state index in [1.54, 1.807) is 0 Å². The minimum atomic E-state index is -0.191. The molecule has 0 aliphatic heterocycles. The van der Waals surface area contributed by atoms with Gasteiger partial charge in [-0.25, -0.2) is 0 Å². The monoisotopic (exact) mass is 342 g/mol. The maximum atomic E-state index is 11.9. The molecule has 1 unspecified atom stereocenters. The number of aryl methyl sites for hydroxylation is 1. The fourth-order valence-electron chi connectivity index (χ4n) is 2.29. The third kappa shape index (κ3) is 6.57. The van der Waals surface area contributed by atoms with Crippen LogP contribution in [-0.2, 0) is 11.3 Å². The summed E-state index contributed by atoms with van der Waals surface area (Å²) in [6.45, 7) is 4.82. The van der Waals surface area contributed by atoms with Crippen LogP contribution in [0.25, 0.3) is 0 Å². The Bertz CT molecular complexity index is 650. The molecular weight excluding hydrogens is 316 g/mol. The highest BCUT2D eigenvalue weighted by molar-refractivity contribution is 5.91. The summed E-state index contributed by atoms with van der Waals surface area (Å²) in [6, 6.07) is 15.3. The first-order valence-electron chi connectivity index (χ1n) is 8.53. The highest BCUT2D eigenvalue weighted by atomic mass is 16.5. The predicted octanol–water partition coefficient (Wildman–Crippen LogP) is 2.87. The summed E-state index contributed by atoms with van der Waals surface area (Å²) in [5.41, 5.74) is 3.01. The number of amides is 1. The number of hydrogen-bond acceptors (Lipinski definition) is 4. The van der Waals surface area contributed by atoms with Crippen molar-refractivity contribution in [1.82, 2.24) is 5.32 Å². The van der Waals surface area contributed by atoms with Crippen molar-refractivity contribution in [2.24, 2.45) is 0 Å². The second-order valence-electron chi connectivity index (χ2n) is 6.02. The van der Waals surface area contributed by atoms with Crippen molar-refractivity contribution in [3.8, 4) is 5.75 Å². The minimum absolute atomic E-state index is 0.0338. The highest BCUT2D eigenvalue weighted by Gasteiger charge is 2.05. The summed E-state index contributed by atoms with van der Waals surface area (Å²) in [4.78, 5) is 11.9. The molecule has 0 aromatic heterocycles. The van der Waals surface area contributed by atoms with Gasteiger partial charge >= 0.3 is 0 Å². The fourth-order valence-corrected chi connectivity index (χ4v) is 2.29. The number of carbonyl (C=O) groups is 1. The van der Waals surface area contributed by atoms with Crippen molar-refractivity contribution in [3.05, 3.63) is 59.7 Å². The van der Waals surface area contributed by atoms with Crippen LogP contribution in [0, 0.1) is 6.92 Å². The Morgan fingerprint density at radius 3 is 2.40 bits per heavy atom. The Morgan fingerprint density at radius 1 is 1.12 bits per heavy atom. The van der Waals surface area contributed by atoms with E-state index in [0.29, 0.717) is 12.3 Å². The van der Waals surface area contributed by atoms with E-state index < -0.39 is 0 Å². The molecule has 134 valence electrons. The molecule has 1 atom stereocenters. The first kappa shape index (κ1) is 19.0. The Morgan fingerprint density at radius 2 is 1.80 bits per heavy atom. The van der Waals surface area contributed by atoms with E-state index in [1.165, 1.54) is 0 Å². The van der Waals surface area contributed by atoms with E-state index in [1.807, 2.05) is 62.4 Å². The molecule has 0 bridgehead atoms. The molecule has 0 aliphatic carbocycles. The topological polar surface area (TPSA) is 70.6 Å². The number of aliphatic hydroxyl groups is 1. The van der Waals surface area contributed by atoms with E-state index >= 15 is 0 Å². The van der Waals surface area contributed by atoms with Gasteiger partial charge in [0.05, 0.1) is 6.61 Å². The van der Waals surface area contributed by atoms with E-state index in [4.69, 9.17) is 9.84 Å². The van der Waals surface area contributed by atoms with Crippen LogP contribution in [0.1, 0.15) is 24.5 Å². The molecule has 2 aromatic rings. The molecule has 0 aliphatic rings. The van der Waals surface area contributed by atoms with Crippen LogP contribution in [0.3, 0.4) is 0 Å². The average Bonchev–Trinajstić information content (AvgIpc) is 2.64. The summed E-state index contributed by atoms with van der Waals surface area (Å²) in [7, 11) is 0. The zero-order valence-electron chi connectivity index (χ0n) is 14.8. The van der Waals surface area contributed by atoms with Crippen LogP contribution in [-0.4, -0.2) is 30.3 Å². The van der Waals surface area contributed by atoms with Gasteiger partial charge in [0.15, 0.2) is 6.61 Å². The van der Waals surface area contributed by atoms with Crippen LogP contribution in [0.5, 0.6) is 5.75 Å². The summed E-state index contributed by atoms with van der Waals surface area (Å²) in [5, 5.41) is 15.2. The molecule has 1 amide bonds. The normalized spacial score (nSPS) is 11.8. The summed E-state index contributed by atoms with van der Waals surface area (Å²) < 4.78 is 5.51. The van der Waals surface area contributed by atoms with Crippen molar-refractivity contribution in [3.63, 3.8) is 0 Å². The zero-order valence-corrected chi connectivity index (χ0v) is 14.8. The van der Waals surface area contributed by atoms with Crippen molar-refractivity contribution in [1.29, 1.82) is 0 Å². The van der Waals surface area contributed by atoms with Gasteiger partial charge in [-0.2, -0.15) is 0 Å². The molecule has 5 nitrogen and oxygen atoms in total. The van der Waals surface area contributed by atoms with Crippen LogP contribution in [0.4, 0.5) is 5.69 Å². The molecule has 25 heavy (non-hydrogen) atoms. The Balaban J connectivity index is 1.77. The second-order valence-corrected chi connectivity index (χ2v) is 6.02. The molecule has 5 heteroatoms. The van der Waals surface area contributed by atoms with Crippen LogP contribution in [0.15, 0.2) is 48.5 Å². The molecular formula is C20H26N2O3. The number of rotatable bonds is 9. The van der Waals surface area contributed by atoms with Gasteiger partial charge < -0.3 is 20.5 Å². The number of benzene rings is 2. The first-order valence-corrected chi connectivity index (χ1v) is 8.53. The Labute approximate surface area is 149 Å². The highest BCUT2D eigenvalue weighted by Crippen LogP contribution is 2.13. The molecule has 0 spiro atoms. The SMILES string of the molecule is CCC(CO)NCc1ccc(OCC(=O)Nc2ccc(C)cc2)cc1. The van der Waals surface area contributed by atoms with Crippen molar-refractivity contribution in [2.45, 2.75) is 32.9 Å². The summed E-state index contributed by atoms with van der Waals surface area (Å²) in [6.07, 6.45) is 0.883. The van der Waals surface area contributed by atoms with Crippen molar-refractivity contribution in [2.75, 3.05) is 18.5 Å². The van der Waals surface area contributed by atoms with Crippen molar-refractivity contribution < 1.29 is 14.6 Å². The summed E-state index contributed by atoms with van der Waals surface area (Å²) >= 11 is 0. The fraction of sp³-hybridized carbons (Fsp3) is 0.350. The lowest BCUT2D eigenvalue weighted by atomic mass is 10.2. The van der Waals surface area contributed by atoms with Gasteiger partial charge in [-0.05, 0) is 43.2 Å². The molecule has 0 saturated carbocycles. The van der Waals surface area contributed by atoms with Crippen molar-refractivity contribution >= 4 is 11.6 Å². The maximum Gasteiger partial charge on any atom is 0.262 e. The van der Waals surface area contributed by atoms with E-state index in [0.717, 1.165) is 23.2 Å². The maximum absolute atomic E-state index is 11.9. The van der Waals surface area contributed by atoms with E-state index in [2.05, 4.69) is 10.6 Å². The molecule has 0 saturated heterocycles.